The van der Waals surface area contributed by atoms with Crippen LogP contribution in [0.3, 0.4) is 0 Å². The Morgan fingerprint density at radius 1 is 1.23 bits per heavy atom. The Bertz CT molecular complexity index is 1070. The number of hydrogen-bond donors (Lipinski definition) is 0. The van der Waals surface area contributed by atoms with Crippen molar-refractivity contribution in [1.29, 1.82) is 0 Å². The highest BCUT2D eigenvalue weighted by Gasteiger charge is 2.31. The lowest BCUT2D eigenvalue weighted by Gasteiger charge is -2.26. The van der Waals surface area contributed by atoms with Crippen molar-refractivity contribution in [2.75, 3.05) is 38.3 Å². The van der Waals surface area contributed by atoms with Gasteiger partial charge in [-0.25, -0.2) is 4.98 Å². The van der Waals surface area contributed by atoms with Crippen molar-refractivity contribution in [2.24, 2.45) is 5.92 Å². The minimum absolute atomic E-state index is 0.128. The summed E-state index contributed by atoms with van der Waals surface area (Å²) in [4.78, 5) is 7.14. The molecule has 0 bridgehead atoms. The van der Waals surface area contributed by atoms with Crippen molar-refractivity contribution in [3.63, 3.8) is 0 Å². The molecular formula is C23H25F2N3O3. The molecule has 6 nitrogen and oxygen atoms in total. The molecule has 0 amide bonds. The van der Waals surface area contributed by atoms with Crippen LogP contribution in [0.25, 0.3) is 5.65 Å². The predicted octanol–water partition coefficient (Wildman–Crippen LogP) is 4.07. The van der Waals surface area contributed by atoms with Gasteiger partial charge in [-0.05, 0) is 24.6 Å². The molecule has 1 fully saturated rings. The number of hydrogen-bond acceptors (Lipinski definition) is 5. The van der Waals surface area contributed by atoms with Gasteiger partial charge in [0.1, 0.15) is 17.5 Å². The molecule has 8 heteroatoms. The number of halogens is 2. The summed E-state index contributed by atoms with van der Waals surface area (Å²) in [6.07, 6.45) is 3.33. The predicted molar refractivity (Wildman–Crippen MR) is 112 cm³/mol. The van der Waals surface area contributed by atoms with E-state index in [1.54, 1.807) is 31.4 Å². The molecule has 164 valence electrons. The molecule has 0 spiro atoms. The van der Waals surface area contributed by atoms with E-state index in [0.29, 0.717) is 24.5 Å². The Hall–Kier alpha value is -2.71. The third kappa shape index (κ3) is 3.85. The summed E-state index contributed by atoms with van der Waals surface area (Å²) in [5.41, 5.74) is 4.31. The monoisotopic (exact) mass is 429 g/mol. The minimum Gasteiger partial charge on any atom is -0.434 e. The Balaban J connectivity index is 1.54. The van der Waals surface area contributed by atoms with Gasteiger partial charge in [-0.15, -0.1) is 0 Å². The lowest BCUT2D eigenvalue weighted by molar-refractivity contribution is -0.0522. The Morgan fingerprint density at radius 2 is 2.10 bits per heavy atom. The van der Waals surface area contributed by atoms with Gasteiger partial charge in [0.15, 0.2) is 0 Å². The van der Waals surface area contributed by atoms with Crippen molar-refractivity contribution >= 4 is 11.3 Å². The Labute approximate surface area is 179 Å². The van der Waals surface area contributed by atoms with Crippen molar-refractivity contribution in [3.05, 3.63) is 59.5 Å². The molecule has 0 N–H and O–H groups in total. The maximum atomic E-state index is 13.0. The van der Waals surface area contributed by atoms with Crippen molar-refractivity contribution in [2.45, 2.75) is 25.6 Å². The lowest BCUT2D eigenvalue weighted by Crippen LogP contribution is -2.22. The van der Waals surface area contributed by atoms with Gasteiger partial charge in [-0.2, -0.15) is 8.78 Å². The van der Waals surface area contributed by atoms with Gasteiger partial charge < -0.3 is 19.1 Å². The largest absolute Gasteiger partial charge is 0.434 e. The van der Waals surface area contributed by atoms with Crippen LogP contribution in [-0.2, 0) is 15.9 Å². The quantitative estimate of drug-likeness (QED) is 0.591. The van der Waals surface area contributed by atoms with Gasteiger partial charge in [-0.3, -0.25) is 4.40 Å². The van der Waals surface area contributed by atoms with Crippen LogP contribution < -0.4 is 9.64 Å². The fraction of sp³-hybridized carbons (Fsp3) is 0.435. The number of imidazole rings is 1. The van der Waals surface area contributed by atoms with Gasteiger partial charge in [0.25, 0.3) is 0 Å². The molecular weight excluding hydrogens is 404 g/mol. The maximum absolute atomic E-state index is 13.0. The number of nitrogens with zero attached hydrogens (tertiary/aromatic N) is 3. The van der Waals surface area contributed by atoms with Gasteiger partial charge >= 0.3 is 6.61 Å². The highest BCUT2D eigenvalue weighted by atomic mass is 19.3. The third-order valence-corrected chi connectivity index (χ3v) is 6.06. The number of alkyl halides is 2. The Kier molecular flexibility index (Phi) is 5.50. The zero-order valence-electron chi connectivity index (χ0n) is 17.3. The van der Waals surface area contributed by atoms with Gasteiger partial charge in [-0.1, -0.05) is 18.2 Å². The molecule has 4 heterocycles. The average molecular weight is 429 g/mol. The molecule has 3 aromatic rings. The first-order chi connectivity index (χ1) is 15.1. The number of methoxy groups -OCH3 is 1. The lowest BCUT2D eigenvalue weighted by atomic mass is 10.0. The van der Waals surface area contributed by atoms with E-state index in [4.69, 9.17) is 19.2 Å². The van der Waals surface area contributed by atoms with Crippen molar-refractivity contribution in [3.8, 4) is 5.75 Å². The van der Waals surface area contributed by atoms with E-state index in [2.05, 4.69) is 17.2 Å². The number of fused-ring (bicyclic) bond motifs is 3. The van der Waals surface area contributed by atoms with Gasteiger partial charge in [0.05, 0.1) is 30.3 Å². The first-order valence-corrected chi connectivity index (χ1v) is 10.5. The van der Waals surface area contributed by atoms with E-state index >= 15 is 0 Å². The van der Waals surface area contributed by atoms with Gasteiger partial charge in [0.2, 0.25) is 0 Å². The van der Waals surface area contributed by atoms with Crippen LogP contribution in [0.5, 0.6) is 5.75 Å². The highest BCUT2D eigenvalue weighted by molar-refractivity contribution is 5.56. The van der Waals surface area contributed by atoms with E-state index in [0.717, 1.165) is 48.8 Å². The summed E-state index contributed by atoms with van der Waals surface area (Å²) in [7, 11) is 1.74. The number of rotatable bonds is 6. The topological polar surface area (TPSA) is 48.2 Å². The second kappa shape index (κ2) is 8.43. The number of ether oxygens (including phenoxy) is 3. The first kappa shape index (κ1) is 20.2. The fourth-order valence-corrected chi connectivity index (χ4v) is 4.68. The molecule has 2 unspecified atom stereocenters. The van der Waals surface area contributed by atoms with Crippen LogP contribution >= 0.6 is 0 Å². The second-order valence-electron chi connectivity index (χ2n) is 8.03. The molecule has 2 aliphatic rings. The van der Waals surface area contributed by atoms with Gasteiger partial charge in [0, 0.05) is 44.3 Å². The molecule has 2 aromatic heterocycles. The summed E-state index contributed by atoms with van der Waals surface area (Å²) >= 11 is 0. The minimum atomic E-state index is -2.90. The maximum Gasteiger partial charge on any atom is 0.387 e. The van der Waals surface area contributed by atoms with Crippen LogP contribution in [0.1, 0.15) is 29.5 Å². The zero-order valence-corrected chi connectivity index (χ0v) is 17.3. The standard InChI is InChI=1S/C23H25F2N3O3/c1-29-14-15-8-10-27(12-15)16-6-7-20-26-18-9-11-30-22(21(18)28(20)13-16)17-4-2-3-5-19(17)31-23(24)25/h2-7,13,15,22-23H,8-12,14H2,1H3. The number of para-hydroxylation sites is 1. The molecule has 0 aliphatic carbocycles. The van der Waals surface area contributed by atoms with Crippen LogP contribution in [0.2, 0.25) is 0 Å². The summed E-state index contributed by atoms with van der Waals surface area (Å²) < 4.78 is 44.2. The van der Waals surface area contributed by atoms with Crippen LogP contribution in [0.15, 0.2) is 42.6 Å². The zero-order chi connectivity index (χ0) is 21.4. The second-order valence-corrected chi connectivity index (χ2v) is 8.03. The molecule has 31 heavy (non-hydrogen) atoms. The van der Waals surface area contributed by atoms with E-state index < -0.39 is 12.7 Å². The molecule has 5 rings (SSSR count). The fourth-order valence-electron chi connectivity index (χ4n) is 4.68. The van der Waals surface area contributed by atoms with Crippen molar-refractivity contribution in [1.82, 2.24) is 9.38 Å². The summed E-state index contributed by atoms with van der Waals surface area (Å²) in [5, 5.41) is 0. The first-order valence-electron chi connectivity index (χ1n) is 10.5. The number of aromatic nitrogens is 2. The summed E-state index contributed by atoms with van der Waals surface area (Å²) in [5.74, 6) is 0.648. The normalized spacial score (nSPS) is 21.1. The average Bonchev–Trinajstić information content (AvgIpc) is 3.38. The summed E-state index contributed by atoms with van der Waals surface area (Å²) in [6, 6.07) is 10.9. The van der Waals surface area contributed by atoms with E-state index in [1.807, 2.05) is 10.5 Å². The third-order valence-electron chi connectivity index (χ3n) is 6.06. The molecule has 0 saturated carbocycles. The van der Waals surface area contributed by atoms with Crippen molar-refractivity contribution < 1.29 is 23.0 Å². The summed E-state index contributed by atoms with van der Waals surface area (Å²) in [6.45, 7) is 0.259. The van der Waals surface area contributed by atoms with E-state index in [9.17, 15) is 8.78 Å². The van der Waals surface area contributed by atoms with Crippen LogP contribution in [0, 0.1) is 5.92 Å². The SMILES string of the molecule is COCC1CCN(c2ccc3nc4c(n3c2)C(c2ccccc2OC(F)F)OCC4)C1. The van der Waals surface area contributed by atoms with Crippen LogP contribution in [0.4, 0.5) is 14.5 Å². The molecule has 0 radical (unpaired) electrons. The smallest absolute Gasteiger partial charge is 0.387 e. The Morgan fingerprint density at radius 3 is 2.94 bits per heavy atom. The molecule has 2 aliphatic heterocycles. The number of pyridine rings is 1. The van der Waals surface area contributed by atoms with E-state index in [1.165, 1.54) is 0 Å². The molecule has 2 atom stereocenters. The molecule has 1 saturated heterocycles. The van der Waals surface area contributed by atoms with E-state index in [-0.39, 0.29) is 5.75 Å². The highest BCUT2D eigenvalue weighted by Crippen LogP contribution is 2.38. The number of benzene rings is 1. The molecule has 1 aromatic carbocycles. The van der Waals surface area contributed by atoms with Crippen LogP contribution in [-0.4, -0.2) is 49.4 Å². The number of anilines is 1.